The molecule has 0 aliphatic heterocycles. The Hall–Kier alpha value is -2.53. The van der Waals surface area contributed by atoms with Crippen LogP contribution in [0.2, 0.25) is 5.02 Å². The summed E-state index contributed by atoms with van der Waals surface area (Å²) in [4.78, 5) is 8.87. The van der Waals surface area contributed by atoms with E-state index < -0.39 is 11.6 Å². The summed E-state index contributed by atoms with van der Waals surface area (Å²) >= 11 is 6.02. The molecule has 0 radical (unpaired) electrons. The second kappa shape index (κ2) is 7.57. The van der Waals surface area contributed by atoms with Gasteiger partial charge in [0.1, 0.15) is 6.61 Å². The van der Waals surface area contributed by atoms with E-state index in [-0.39, 0.29) is 6.61 Å². The molecule has 0 unspecified atom stereocenters. The van der Waals surface area contributed by atoms with Crippen LogP contribution in [0.4, 0.5) is 8.78 Å². The van der Waals surface area contributed by atoms with Gasteiger partial charge in [-0.15, -0.1) is 0 Å². The highest BCUT2D eigenvalue weighted by molar-refractivity contribution is 6.30. The van der Waals surface area contributed by atoms with E-state index in [1.165, 1.54) is 6.07 Å². The number of aromatic nitrogens is 2. The van der Waals surface area contributed by atoms with E-state index in [1.807, 2.05) is 19.1 Å². The Morgan fingerprint density at radius 2 is 1.84 bits per heavy atom. The molecule has 25 heavy (non-hydrogen) atoms. The number of aryl methyl sites for hydroxylation is 1. The summed E-state index contributed by atoms with van der Waals surface area (Å²) in [5.41, 5.74) is 2.10. The first-order valence-corrected chi connectivity index (χ1v) is 8.13. The Balaban J connectivity index is 1.85. The van der Waals surface area contributed by atoms with E-state index in [9.17, 15) is 8.78 Å². The number of benzene rings is 2. The highest BCUT2D eigenvalue weighted by atomic mass is 35.5. The summed E-state index contributed by atoms with van der Waals surface area (Å²) in [7, 11) is 0. The van der Waals surface area contributed by atoms with Gasteiger partial charge in [-0.25, -0.2) is 13.8 Å². The standard InChI is InChI=1S/C19H15ClF2N2O/c1-2-15-10-18(25-11-12-6-7-16(21)17(22)8-12)24-19(23-15)13-4-3-5-14(20)9-13/h3-10H,2,11H2,1H3. The molecule has 6 heteroatoms. The van der Waals surface area contributed by atoms with Crippen molar-refractivity contribution in [2.75, 3.05) is 0 Å². The van der Waals surface area contributed by atoms with E-state index >= 15 is 0 Å². The lowest BCUT2D eigenvalue weighted by Gasteiger charge is -2.09. The number of rotatable bonds is 5. The molecule has 0 spiro atoms. The monoisotopic (exact) mass is 360 g/mol. The lowest BCUT2D eigenvalue weighted by molar-refractivity contribution is 0.292. The van der Waals surface area contributed by atoms with Crippen molar-refractivity contribution in [2.45, 2.75) is 20.0 Å². The Kier molecular flexibility index (Phi) is 5.24. The highest BCUT2D eigenvalue weighted by Gasteiger charge is 2.09. The molecule has 0 atom stereocenters. The molecule has 0 fully saturated rings. The van der Waals surface area contributed by atoms with E-state index in [4.69, 9.17) is 16.3 Å². The second-order valence-electron chi connectivity index (χ2n) is 5.42. The number of hydrogen-bond acceptors (Lipinski definition) is 3. The molecule has 0 aliphatic rings. The van der Waals surface area contributed by atoms with Gasteiger partial charge < -0.3 is 4.74 Å². The largest absolute Gasteiger partial charge is 0.473 e. The molecule has 1 heterocycles. The number of halogens is 3. The minimum absolute atomic E-state index is 0.0757. The highest BCUT2D eigenvalue weighted by Crippen LogP contribution is 2.23. The Labute approximate surface area is 149 Å². The van der Waals surface area contributed by atoms with Crippen molar-refractivity contribution in [3.63, 3.8) is 0 Å². The topological polar surface area (TPSA) is 35.0 Å². The molecular weight excluding hydrogens is 346 g/mol. The van der Waals surface area contributed by atoms with E-state index in [0.29, 0.717) is 28.7 Å². The van der Waals surface area contributed by atoms with Crippen molar-refractivity contribution in [3.8, 4) is 17.3 Å². The van der Waals surface area contributed by atoms with Gasteiger partial charge in [-0.1, -0.05) is 36.7 Å². The molecule has 2 aromatic carbocycles. The van der Waals surface area contributed by atoms with Crippen LogP contribution in [0.1, 0.15) is 18.2 Å². The molecule has 3 nitrogen and oxygen atoms in total. The van der Waals surface area contributed by atoms with Crippen LogP contribution in [0.3, 0.4) is 0 Å². The SMILES string of the molecule is CCc1cc(OCc2ccc(F)c(F)c2)nc(-c2cccc(Cl)c2)n1. The zero-order valence-electron chi connectivity index (χ0n) is 13.5. The van der Waals surface area contributed by atoms with Gasteiger partial charge in [0.05, 0.1) is 0 Å². The third kappa shape index (κ3) is 4.31. The third-order valence-electron chi connectivity index (χ3n) is 3.57. The molecule has 0 saturated heterocycles. The predicted molar refractivity (Wildman–Crippen MR) is 92.5 cm³/mol. The average molecular weight is 361 g/mol. The molecule has 0 N–H and O–H groups in total. The van der Waals surface area contributed by atoms with Gasteiger partial charge in [-0.3, -0.25) is 0 Å². The van der Waals surface area contributed by atoms with Crippen molar-refractivity contribution in [1.82, 2.24) is 9.97 Å². The van der Waals surface area contributed by atoms with Gasteiger partial charge in [0.25, 0.3) is 0 Å². The molecule has 128 valence electrons. The van der Waals surface area contributed by atoms with Crippen LogP contribution in [-0.4, -0.2) is 9.97 Å². The summed E-state index contributed by atoms with van der Waals surface area (Å²) in [5, 5.41) is 0.590. The van der Waals surface area contributed by atoms with Crippen molar-refractivity contribution in [1.29, 1.82) is 0 Å². The number of ether oxygens (including phenoxy) is 1. The molecule has 3 aromatic rings. The number of nitrogens with zero attached hydrogens (tertiary/aromatic N) is 2. The van der Waals surface area contributed by atoms with Gasteiger partial charge in [-0.2, -0.15) is 4.98 Å². The first-order chi connectivity index (χ1) is 12.0. The number of hydrogen-bond donors (Lipinski definition) is 0. The van der Waals surface area contributed by atoms with Crippen molar-refractivity contribution in [3.05, 3.63) is 76.4 Å². The van der Waals surface area contributed by atoms with Gasteiger partial charge in [0, 0.05) is 22.3 Å². The zero-order valence-corrected chi connectivity index (χ0v) is 14.2. The maximum absolute atomic E-state index is 13.3. The molecule has 3 rings (SSSR count). The van der Waals surface area contributed by atoms with Crippen LogP contribution in [0, 0.1) is 11.6 Å². The Morgan fingerprint density at radius 1 is 1.00 bits per heavy atom. The summed E-state index contributed by atoms with van der Waals surface area (Å²) in [6, 6.07) is 12.6. The summed E-state index contributed by atoms with van der Waals surface area (Å²) in [5.74, 6) is -0.923. The van der Waals surface area contributed by atoms with E-state index in [2.05, 4.69) is 9.97 Å². The van der Waals surface area contributed by atoms with Crippen LogP contribution >= 0.6 is 11.6 Å². The van der Waals surface area contributed by atoms with Gasteiger partial charge in [-0.05, 0) is 36.2 Å². The molecule has 0 aliphatic carbocycles. The normalized spacial score (nSPS) is 10.7. The molecule has 1 aromatic heterocycles. The van der Waals surface area contributed by atoms with Crippen LogP contribution in [0.15, 0.2) is 48.5 Å². The quantitative estimate of drug-likeness (QED) is 0.626. The van der Waals surface area contributed by atoms with E-state index in [1.54, 1.807) is 18.2 Å². The Morgan fingerprint density at radius 3 is 2.56 bits per heavy atom. The second-order valence-corrected chi connectivity index (χ2v) is 5.86. The fraction of sp³-hybridized carbons (Fsp3) is 0.158. The smallest absolute Gasteiger partial charge is 0.217 e. The molecular formula is C19H15ClF2N2O. The predicted octanol–water partition coefficient (Wildman–Crippen LogP) is 5.22. The molecule has 0 amide bonds. The van der Waals surface area contributed by atoms with E-state index in [0.717, 1.165) is 23.4 Å². The maximum atomic E-state index is 13.3. The minimum Gasteiger partial charge on any atom is -0.473 e. The van der Waals surface area contributed by atoms with Gasteiger partial charge >= 0.3 is 0 Å². The third-order valence-corrected chi connectivity index (χ3v) is 3.81. The Bertz CT molecular complexity index is 902. The first kappa shape index (κ1) is 17.3. The van der Waals surface area contributed by atoms with Crippen LogP contribution in [-0.2, 0) is 13.0 Å². The summed E-state index contributed by atoms with van der Waals surface area (Å²) in [6.07, 6.45) is 0.706. The van der Waals surface area contributed by atoms with Gasteiger partial charge in [0.15, 0.2) is 17.5 Å². The van der Waals surface area contributed by atoms with Crippen LogP contribution in [0.25, 0.3) is 11.4 Å². The minimum atomic E-state index is -0.905. The molecule has 0 saturated carbocycles. The van der Waals surface area contributed by atoms with Crippen LogP contribution in [0.5, 0.6) is 5.88 Å². The summed E-state index contributed by atoms with van der Waals surface area (Å²) in [6.45, 7) is 2.05. The van der Waals surface area contributed by atoms with Crippen LogP contribution < -0.4 is 4.74 Å². The molecule has 0 bridgehead atoms. The maximum Gasteiger partial charge on any atom is 0.217 e. The first-order valence-electron chi connectivity index (χ1n) is 7.76. The zero-order chi connectivity index (χ0) is 17.8. The fourth-order valence-corrected chi connectivity index (χ4v) is 2.46. The lowest BCUT2D eigenvalue weighted by atomic mass is 10.2. The van der Waals surface area contributed by atoms with Crippen molar-refractivity contribution >= 4 is 11.6 Å². The fourth-order valence-electron chi connectivity index (χ4n) is 2.27. The summed E-state index contributed by atoms with van der Waals surface area (Å²) < 4.78 is 31.9. The lowest BCUT2D eigenvalue weighted by Crippen LogP contribution is -2.02. The van der Waals surface area contributed by atoms with Crippen molar-refractivity contribution in [2.24, 2.45) is 0 Å². The van der Waals surface area contributed by atoms with Gasteiger partial charge in [0.2, 0.25) is 5.88 Å². The van der Waals surface area contributed by atoms with Crippen molar-refractivity contribution < 1.29 is 13.5 Å². The average Bonchev–Trinajstić information content (AvgIpc) is 2.62.